The second-order valence-electron chi connectivity index (χ2n) is 9.00. The van der Waals surface area contributed by atoms with Gasteiger partial charge in [0.05, 0.1) is 24.1 Å². The number of aromatic amines is 1. The van der Waals surface area contributed by atoms with Crippen LogP contribution in [0, 0.1) is 0 Å². The van der Waals surface area contributed by atoms with Crippen LogP contribution < -0.4 is 15.8 Å². The van der Waals surface area contributed by atoms with Crippen LogP contribution in [0.3, 0.4) is 0 Å². The molecule has 2 aliphatic heterocycles. The molecule has 2 saturated heterocycles. The third kappa shape index (κ3) is 6.14. The van der Waals surface area contributed by atoms with E-state index < -0.39 is 41.4 Å². The Kier molecular flexibility index (Phi) is 7.90. The Morgan fingerprint density at radius 2 is 1.78 bits per heavy atom. The number of likely N-dealkylation sites (tertiary alicyclic amines) is 1. The van der Waals surface area contributed by atoms with Crippen LogP contribution in [0.5, 0.6) is 0 Å². The molecule has 2 aromatic rings. The molecule has 4 rings (SSSR count). The van der Waals surface area contributed by atoms with Crippen LogP contribution in [-0.2, 0) is 15.7 Å². The molecule has 1 amide bonds. The summed E-state index contributed by atoms with van der Waals surface area (Å²) in [6.45, 7) is 3.20. The summed E-state index contributed by atoms with van der Waals surface area (Å²) in [7, 11) is 0. The quantitative estimate of drug-likeness (QED) is 0.500. The van der Waals surface area contributed by atoms with Crippen molar-refractivity contribution in [2.45, 2.75) is 57.0 Å². The highest BCUT2D eigenvalue weighted by Gasteiger charge is 2.38. The topological polar surface area (TPSA) is 116 Å². The van der Waals surface area contributed by atoms with Gasteiger partial charge in [0.1, 0.15) is 11.7 Å². The molecule has 10 nitrogen and oxygen atoms in total. The molecular weight excluding hydrogens is 505 g/mol. The number of hydrogen-bond donors (Lipinski definition) is 2. The number of halogens is 5. The number of anilines is 2. The van der Waals surface area contributed by atoms with Gasteiger partial charge in [-0.1, -0.05) is 0 Å². The number of hydrogen-bond acceptors (Lipinski definition) is 8. The van der Waals surface area contributed by atoms with E-state index in [4.69, 9.17) is 4.74 Å². The average molecular weight is 531 g/mol. The Morgan fingerprint density at radius 3 is 2.41 bits per heavy atom. The molecule has 2 atom stereocenters. The van der Waals surface area contributed by atoms with Crippen LogP contribution in [-0.4, -0.2) is 75.4 Å². The number of piperidine rings is 1. The molecule has 15 heteroatoms. The van der Waals surface area contributed by atoms with Gasteiger partial charge in [0.15, 0.2) is 0 Å². The summed E-state index contributed by atoms with van der Waals surface area (Å²) >= 11 is 0. The summed E-state index contributed by atoms with van der Waals surface area (Å²) in [6.07, 6.45) is -3.85. The number of rotatable bonds is 8. The summed E-state index contributed by atoms with van der Waals surface area (Å²) in [6, 6.07) is -0.520. The molecule has 37 heavy (non-hydrogen) atoms. The van der Waals surface area contributed by atoms with Crippen LogP contribution in [0.2, 0.25) is 0 Å². The molecule has 0 saturated carbocycles. The van der Waals surface area contributed by atoms with Crippen molar-refractivity contribution in [3.05, 3.63) is 40.1 Å². The summed E-state index contributed by atoms with van der Waals surface area (Å²) in [5.74, 6) is 0.0509. The number of alkyl halides is 5. The van der Waals surface area contributed by atoms with Crippen LogP contribution in [0.25, 0.3) is 0 Å². The lowest BCUT2D eigenvalue weighted by Crippen LogP contribution is -2.47. The Hall–Kier alpha value is -3.36. The zero-order chi connectivity index (χ0) is 26.7. The zero-order valence-electron chi connectivity index (χ0n) is 19.8. The van der Waals surface area contributed by atoms with Gasteiger partial charge >= 0.3 is 6.18 Å². The fourth-order valence-electron chi connectivity index (χ4n) is 4.51. The van der Waals surface area contributed by atoms with Crippen LogP contribution in [0.15, 0.2) is 23.4 Å². The van der Waals surface area contributed by atoms with E-state index in [1.54, 1.807) is 16.7 Å². The van der Waals surface area contributed by atoms with Crippen molar-refractivity contribution in [3.8, 4) is 0 Å². The third-order valence-electron chi connectivity index (χ3n) is 6.41. The molecule has 202 valence electrons. The number of H-pyrrole nitrogens is 1. The highest BCUT2D eigenvalue weighted by atomic mass is 19.4. The molecule has 0 unspecified atom stereocenters. The Balaban J connectivity index is 1.26. The molecule has 0 bridgehead atoms. The molecule has 2 fully saturated rings. The largest absolute Gasteiger partial charge is 0.419 e. The number of carbonyl (C=O) groups excluding carboxylic acids is 1. The van der Waals surface area contributed by atoms with Crippen molar-refractivity contribution in [3.63, 3.8) is 0 Å². The first kappa shape index (κ1) is 26.7. The summed E-state index contributed by atoms with van der Waals surface area (Å²) in [4.78, 5) is 35.8. The minimum Gasteiger partial charge on any atom is -0.378 e. The van der Waals surface area contributed by atoms with Gasteiger partial charge in [-0.2, -0.15) is 18.3 Å². The van der Waals surface area contributed by atoms with Crippen molar-refractivity contribution in [1.29, 1.82) is 0 Å². The first-order valence-corrected chi connectivity index (χ1v) is 11.7. The van der Waals surface area contributed by atoms with E-state index in [0.29, 0.717) is 38.9 Å². The minimum absolute atomic E-state index is 0.0435. The van der Waals surface area contributed by atoms with Gasteiger partial charge in [-0.15, -0.1) is 0 Å². The lowest BCUT2D eigenvalue weighted by atomic mass is 10.0. The van der Waals surface area contributed by atoms with Crippen molar-refractivity contribution < 1.29 is 31.5 Å². The molecule has 0 aliphatic carbocycles. The number of aromatic nitrogens is 4. The van der Waals surface area contributed by atoms with Gasteiger partial charge in [-0.25, -0.2) is 23.8 Å². The second-order valence-corrected chi connectivity index (χ2v) is 9.00. The summed E-state index contributed by atoms with van der Waals surface area (Å²) < 4.78 is 70.3. The fourth-order valence-corrected chi connectivity index (χ4v) is 4.51. The predicted octanol–water partition coefficient (Wildman–Crippen LogP) is 2.60. The molecule has 2 aliphatic rings. The number of carbonyl (C=O) groups is 1. The fraction of sp³-hybridized carbons (Fsp3) is 0.591. The van der Waals surface area contributed by atoms with Crippen LogP contribution >= 0.6 is 0 Å². The maximum Gasteiger partial charge on any atom is 0.419 e. The second kappa shape index (κ2) is 10.9. The van der Waals surface area contributed by atoms with Gasteiger partial charge in [-0.05, 0) is 19.8 Å². The van der Waals surface area contributed by atoms with Crippen molar-refractivity contribution in [1.82, 2.24) is 25.1 Å². The van der Waals surface area contributed by atoms with E-state index >= 15 is 0 Å². The zero-order valence-corrected chi connectivity index (χ0v) is 19.8. The van der Waals surface area contributed by atoms with Crippen molar-refractivity contribution in [2.24, 2.45) is 0 Å². The highest BCUT2D eigenvalue weighted by molar-refractivity contribution is 5.83. The van der Waals surface area contributed by atoms with E-state index in [2.05, 4.69) is 20.4 Å². The van der Waals surface area contributed by atoms with E-state index in [1.807, 2.05) is 5.10 Å². The number of nitrogens with one attached hydrogen (secondary N) is 2. The lowest BCUT2D eigenvalue weighted by Gasteiger charge is -2.36. The SMILES string of the molecule is C[C@@H](CO[C@@H]1CCN(C2CCN(c3ncc(C(F)(F)F)cn3)CC2)C1=O)Nc1cn[nH]c(=O)c1C(F)F. The van der Waals surface area contributed by atoms with Gasteiger partial charge in [-0.3, -0.25) is 9.59 Å². The third-order valence-corrected chi connectivity index (χ3v) is 6.41. The first-order valence-electron chi connectivity index (χ1n) is 11.7. The molecule has 0 radical (unpaired) electrons. The van der Waals surface area contributed by atoms with Gasteiger partial charge < -0.3 is 19.9 Å². The maximum atomic E-state index is 13.2. The predicted molar refractivity (Wildman–Crippen MR) is 121 cm³/mol. The summed E-state index contributed by atoms with van der Waals surface area (Å²) in [5, 5.41) is 8.30. The monoisotopic (exact) mass is 531 g/mol. The van der Waals surface area contributed by atoms with Gasteiger partial charge in [0, 0.05) is 50.5 Å². The normalized spacial score (nSPS) is 20.1. The standard InChI is InChI=1S/C22H26F5N7O3/c1-12(31-15-10-30-32-19(35)17(15)18(23)24)11-37-16-4-7-34(20(16)36)14-2-5-33(6-3-14)21-28-8-13(9-29-21)22(25,26)27/h8-10,12,14,16,18H,2-7,11H2,1H3,(H2,31,32,35)/t12-,16+/m0/s1. The number of ether oxygens (including phenoxy) is 1. The van der Waals surface area contributed by atoms with Gasteiger partial charge in [0.25, 0.3) is 17.9 Å². The molecule has 0 aromatic carbocycles. The Bertz CT molecular complexity index is 1140. The maximum absolute atomic E-state index is 13.2. The first-order chi connectivity index (χ1) is 17.5. The number of amides is 1. The molecule has 2 aromatic heterocycles. The Morgan fingerprint density at radius 1 is 1.11 bits per heavy atom. The molecule has 2 N–H and O–H groups in total. The minimum atomic E-state index is -4.50. The molecule has 4 heterocycles. The van der Waals surface area contributed by atoms with Crippen molar-refractivity contribution >= 4 is 17.5 Å². The van der Waals surface area contributed by atoms with Gasteiger partial charge in [0.2, 0.25) is 5.95 Å². The van der Waals surface area contributed by atoms with E-state index in [-0.39, 0.29) is 30.2 Å². The molecular formula is C22H26F5N7O3. The average Bonchev–Trinajstić information content (AvgIpc) is 3.22. The van der Waals surface area contributed by atoms with Crippen molar-refractivity contribution in [2.75, 3.05) is 36.5 Å². The highest BCUT2D eigenvalue weighted by Crippen LogP contribution is 2.30. The van der Waals surface area contributed by atoms with E-state index in [1.165, 1.54) is 0 Å². The van der Waals surface area contributed by atoms with E-state index in [9.17, 15) is 31.5 Å². The van der Waals surface area contributed by atoms with Crippen LogP contribution in [0.1, 0.15) is 43.7 Å². The Labute approximate surface area is 208 Å². The van der Waals surface area contributed by atoms with E-state index in [0.717, 1.165) is 18.6 Å². The lowest BCUT2D eigenvalue weighted by molar-refractivity contribution is -0.139. The smallest absolute Gasteiger partial charge is 0.378 e. The van der Waals surface area contributed by atoms with Crippen LogP contribution in [0.4, 0.5) is 33.6 Å². The molecule has 0 spiro atoms. The number of nitrogens with zero attached hydrogens (tertiary/aromatic N) is 5. The summed E-state index contributed by atoms with van der Waals surface area (Å²) in [5.41, 5.74) is -2.70.